The molecule has 0 spiro atoms. The lowest BCUT2D eigenvalue weighted by Crippen LogP contribution is -2.52. The third-order valence-electron chi connectivity index (χ3n) is 8.07. The number of halogens is 1. The van der Waals surface area contributed by atoms with Gasteiger partial charge in [-0.3, -0.25) is 19.5 Å². The van der Waals surface area contributed by atoms with E-state index in [1.54, 1.807) is 18.2 Å². The van der Waals surface area contributed by atoms with Gasteiger partial charge in [0.1, 0.15) is 17.9 Å². The summed E-state index contributed by atoms with van der Waals surface area (Å²) in [5, 5.41) is 10.3. The number of benzene rings is 3. The molecule has 1 N–H and O–H groups in total. The van der Waals surface area contributed by atoms with Crippen molar-refractivity contribution in [3.8, 4) is 5.75 Å². The van der Waals surface area contributed by atoms with E-state index in [-0.39, 0.29) is 29.6 Å². The van der Waals surface area contributed by atoms with Crippen molar-refractivity contribution >= 4 is 12.2 Å². The van der Waals surface area contributed by atoms with Gasteiger partial charge in [-0.25, -0.2) is 4.39 Å². The zero-order chi connectivity index (χ0) is 28.1. The first-order chi connectivity index (χ1) is 19.4. The van der Waals surface area contributed by atoms with Crippen LogP contribution in [0.3, 0.4) is 0 Å². The molecule has 2 aliphatic rings. The molecule has 2 saturated heterocycles. The number of aromatic hydroxyl groups is 1. The summed E-state index contributed by atoms with van der Waals surface area (Å²) < 4.78 is 14.3. The standard InChI is InChI=1S/C32H37FN4O3/c1-24-22-35(23-28-6-2-3-11-30(28)33)14-17-37(24)31(26-8-5-10-29(39)21-26)25-7-4-9-27(20-25)32(40)36-15-12-34(13-16-36)18-19-38/h2-11,19-21,24,31,39H,12-18,22-23H2,1H3. The van der Waals surface area contributed by atoms with Crippen LogP contribution in [0.4, 0.5) is 4.39 Å². The van der Waals surface area contributed by atoms with Crippen molar-refractivity contribution in [2.24, 2.45) is 0 Å². The summed E-state index contributed by atoms with van der Waals surface area (Å²) in [7, 11) is 0. The van der Waals surface area contributed by atoms with Crippen molar-refractivity contribution in [2.45, 2.75) is 25.6 Å². The second kappa shape index (κ2) is 12.7. The van der Waals surface area contributed by atoms with Crippen molar-refractivity contribution in [2.75, 3.05) is 52.4 Å². The van der Waals surface area contributed by atoms with Crippen LogP contribution in [0.1, 0.15) is 40.0 Å². The highest BCUT2D eigenvalue weighted by Crippen LogP contribution is 2.34. The van der Waals surface area contributed by atoms with E-state index in [9.17, 15) is 19.1 Å². The fraction of sp³-hybridized carbons (Fsp3) is 0.375. The monoisotopic (exact) mass is 544 g/mol. The quantitative estimate of drug-likeness (QED) is 0.436. The molecule has 40 heavy (non-hydrogen) atoms. The summed E-state index contributed by atoms with van der Waals surface area (Å²) in [5.41, 5.74) is 3.29. The summed E-state index contributed by atoms with van der Waals surface area (Å²) >= 11 is 0. The largest absolute Gasteiger partial charge is 0.508 e. The third-order valence-corrected chi connectivity index (χ3v) is 8.07. The van der Waals surface area contributed by atoms with Gasteiger partial charge in [0.05, 0.1) is 12.6 Å². The number of hydrogen-bond acceptors (Lipinski definition) is 6. The highest BCUT2D eigenvalue weighted by molar-refractivity contribution is 5.94. The van der Waals surface area contributed by atoms with E-state index in [0.29, 0.717) is 50.4 Å². The second-order valence-electron chi connectivity index (χ2n) is 10.8. The third kappa shape index (κ3) is 6.41. The van der Waals surface area contributed by atoms with Crippen LogP contribution in [-0.4, -0.2) is 95.3 Å². The lowest BCUT2D eigenvalue weighted by Gasteiger charge is -2.44. The van der Waals surface area contributed by atoms with Gasteiger partial charge in [-0.1, -0.05) is 42.5 Å². The lowest BCUT2D eigenvalue weighted by molar-refractivity contribution is -0.109. The molecule has 0 aliphatic carbocycles. The Hall–Kier alpha value is -3.59. The van der Waals surface area contributed by atoms with Gasteiger partial charge in [-0.2, -0.15) is 0 Å². The normalized spacial score (nSPS) is 19.9. The maximum Gasteiger partial charge on any atom is 0.253 e. The average molecular weight is 545 g/mol. The molecule has 2 heterocycles. The van der Waals surface area contributed by atoms with Crippen LogP contribution in [0.5, 0.6) is 5.75 Å². The Morgan fingerprint density at radius 3 is 2.33 bits per heavy atom. The zero-order valence-electron chi connectivity index (χ0n) is 23.0. The van der Waals surface area contributed by atoms with E-state index in [4.69, 9.17) is 0 Å². The van der Waals surface area contributed by atoms with Crippen molar-refractivity contribution < 1.29 is 19.1 Å². The molecule has 1 amide bonds. The van der Waals surface area contributed by atoms with E-state index in [0.717, 1.165) is 37.0 Å². The summed E-state index contributed by atoms with van der Waals surface area (Å²) in [5.74, 6) is 0.0145. The molecule has 2 unspecified atom stereocenters. The maximum atomic E-state index is 14.3. The first kappa shape index (κ1) is 28.0. The predicted molar refractivity (Wildman–Crippen MR) is 153 cm³/mol. The molecule has 7 nitrogen and oxygen atoms in total. The van der Waals surface area contributed by atoms with Crippen LogP contribution in [0, 0.1) is 5.82 Å². The number of amides is 1. The second-order valence-corrected chi connectivity index (χ2v) is 10.8. The molecule has 2 atom stereocenters. The number of piperazine rings is 2. The van der Waals surface area contributed by atoms with Crippen LogP contribution in [0.25, 0.3) is 0 Å². The summed E-state index contributed by atoms with van der Waals surface area (Å²) in [4.78, 5) is 32.9. The lowest BCUT2D eigenvalue weighted by atomic mass is 9.93. The van der Waals surface area contributed by atoms with Crippen molar-refractivity contribution in [3.05, 3.63) is 101 Å². The molecule has 210 valence electrons. The summed E-state index contributed by atoms with van der Waals surface area (Å²) in [6.07, 6.45) is 0.906. The Bertz CT molecular complexity index is 1330. The summed E-state index contributed by atoms with van der Waals surface area (Å²) in [6, 6.07) is 22.1. The van der Waals surface area contributed by atoms with Gasteiger partial charge in [-0.15, -0.1) is 0 Å². The van der Waals surface area contributed by atoms with Gasteiger partial charge in [0, 0.05) is 69.5 Å². The molecule has 0 aromatic heterocycles. The highest BCUT2D eigenvalue weighted by atomic mass is 19.1. The Kier molecular flexibility index (Phi) is 8.89. The molecular formula is C32H37FN4O3. The number of rotatable bonds is 8. The minimum Gasteiger partial charge on any atom is -0.508 e. The van der Waals surface area contributed by atoms with Crippen LogP contribution in [0.2, 0.25) is 0 Å². The Morgan fingerprint density at radius 2 is 1.62 bits per heavy atom. The van der Waals surface area contributed by atoms with E-state index >= 15 is 0 Å². The van der Waals surface area contributed by atoms with Gasteiger partial charge in [0.15, 0.2) is 0 Å². The van der Waals surface area contributed by atoms with Crippen LogP contribution in [0.15, 0.2) is 72.8 Å². The number of hydrogen-bond donors (Lipinski definition) is 1. The molecule has 8 heteroatoms. The minimum atomic E-state index is -0.179. The van der Waals surface area contributed by atoms with Gasteiger partial charge < -0.3 is 14.8 Å². The van der Waals surface area contributed by atoms with Crippen LogP contribution < -0.4 is 0 Å². The molecule has 2 fully saturated rings. The Balaban J connectivity index is 1.37. The Labute approximate surface area is 235 Å². The number of aldehydes is 1. The molecule has 0 saturated carbocycles. The fourth-order valence-electron chi connectivity index (χ4n) is 5.98. The molecule has 3 aromatic rings. The van der Waals surface area contributed by atoms with Gasteiger partial charge in [-0.05, 0) is 48.4 Å². The fourth-order valence-corrected chi connectivity index (χ4v) is 5.98. The number of phenols is 1. The molecule has 0 bridgehead atoms. The van der Waals surface area contributed by atoms with E-state index in [1.165, 1.54) is 6.07 Å². The van der Waals surface area contributed by atoms with Crippen LogP contribution in [-0.2, 0) is 11.3 Å². The number of phenolic OH excluding ortho intramolecular Hbond substituents is 1. The first-order valence-electron chi connectivity index (χ1n) is 14.0. The van der Waals surface area contributed by atoms with E-state index in [1.807, 2.05) is 53.4 Å². The van der Waals surface area contributed by atoms with Crippen LogP contribution >= 0.6 is 0 Å². The number of nitrogens with zero attached hydrogens (tertiary/aromatic N) is 4. The van der Waals surface area contributed by atoms with Gasteiger partial charge >= 0.3 is 0 Å². The molecule has 0 radical (unpaired) electrons. The van der Waals surface area contributed by atoms with Gasteiger partial charge in [0.2, 0.25) is 0 Å². The van der Waals surface area contributed by atoms with Gasteiger partial charge in [0.25, 0.3) is 5.91 Å². The number of carbonyl (C=O) groups excluding carboxylic acids is 2. The SMILES string of the molecule is CC1CN(Cc2ccccc2F)CCN1C(c1cccc(O)c1)c1cccc(C(=O)N2CCN(CC=O)CC2)c1. The first-order valence-corrected chi connectivity index (χ1v) is 14.0. The van der Waals surface area contributed by atoms with Crippen molar-refractivity contribution in [3.63, 3.8) is 0 Å². The average Bonchev–Trinajstić information content (AvgIpc) is 2.96. The van der Waals surface area contributed by atoms with E-state index < -0.39 is 0 Å². The maximum absolute atomic E-state index is 14.3. The molecular weight excluding hydrogens is 507 g/mol. The highest BCUT2D eigenvalue weighted by Gasteiger charge is 2.32. The topological polar surface area (TPSA) is 67.3 Å². The smallest absolute Gasteiger partial charge is 0.253 e. The molecule has 5 rings (SSSR count). The Morgan fingerprint density at radius 1 is 0.925 bits per heavy atom. The molecule has 2 aliphatic heterocycles. The van der Waals surface area contributed by atoms with Crippen molar-refractivity contribution in [1.29, 1.82) is 0 Å². The van der Waals surface area contributed by atoms with Crippen molar-refractivity contribution in [1.82, 2.24) is 19.6 Å². The molecule has 3 aromatic carbocycles. The predicted octanol–water partition coefficient (Wildman–Crippen LogP) is 3.78. The van der Waals surface area contributed by atoms with E-state index in [2.05, 4.69) is 21.6 Å². The zero-order valence-corrected chi connectivity index (χ0v) is 23.0. The summed E-state index contributed by atoms with van der Waals surface area (Å²) in [6.45, 7) is 7.99. The minimum absolute atomic E-state index is 0.00924. The number of carbonyl (C=O) groups is 2.